The van der Waals surface area contributed by atoms with Crippen LogP contribution in [0, 0.1) is 20.8 Å². The summed E-state index contributed by atoms with van der Waals surface area (Å²) in [5.74, 6) is 1.58. The maximum Gasteiger partial charge on any atom is 0.242 e. The number of nitrogens with zero attached hydrogens (tertiary/aromatic N) is 2. The van der Waals surface area contributed by atoms with E-state index in [1.54, 1.807) is 39.2 Å². The molecule has 1 heterocycles. The zero-order valence-corrected chi connectivity index (χ0v) is 17.8. The molecule has 154 valence electrons. The van der Waals surface area contributed by atoms with Crippen molar-refractivity contribution in [2.75, 3.05) is 14.2 Å². The van der Waals surface area contributed by atoms with Gasteiger partial charge >= 0.3 is 0 Å². The van der Waals surface area contributed by atoms with Crippen molar-refractivity contribution in [1.82, 2.24) is 14.9 Å². The number of nitrogens with one attached hydrogen (secondary N) is 1. The Labute approximate surface area is 169 Å². The summed E-state index contributed by atoms with van der Waals surface area (Å²) >= 11 is 0. The van der Waals surface area contributed by atoms with E-state index >= 15 is 0 Å². The molecule has 0 radical (unpaired) electrons. The fourth-order valence-electron chi connectivity index (χ4n) is 3.24. The van der Waals surface area contributed by atoms with E-state index in [1.807, 2.05) is 19.1 Å². The van der Waals surface area contributed by atoms with Gasteiger partial charge < -0.3 is 14.0 Å². The Morgan fingerprint density at radius 3 is 2.34 bits per heavy atom. The van der Waals surface area contributed by atoms with Crippen LogP contribution in [0.3, 0.4) is 0 Å². The molecule has 0 bridgehead atoms. The first-order valence-corrected chi connectivity index (χ1v) is 10.4. The van der Waals surface area contributed by atoms with Crippen LogP contribution in [0.15, 0.2) is 39.8 Å². The highest BCUT2D eigenvalue weighted by Crippen LogP contribution is 2.31. The first-order chi connectivity index (χ1) is 13.7. The normalized spacial score (nSPS) is 11.5. The van der Waals surface area contributed by atoms with Gasteiger partial charge in [-0.05, 0) is 44.0 Å². The fourth-order valence-corrected chi connectivity index (χ4v) is 4.66. The predicted molar refractivity (Wildman–Crippen MR) is 108 cm³/mol. The lowest BCUT2D eigenvalue weighted by molar-refractivity contribution is 0.374. The molecule has 0 unspecified atom stereocenters. The van der Waals surface area contributed by atoms with Gasteiger partial charge in [0.25, 0.3) is 0 Å². The van der Waals surface area contributed by atoms with Crippen LogP contribution in [-0.2, 0) is 16.6 Å². The second kappa shape index (κ2) is 8.22. The predicted octanol–water partition coefficient (Wildman–Crippen LogP) is 3.16. The van der Waals surface area contributed by atoms with Gasteiger partial charge in [0, 0.05) is 6.07 Å². The first kappa shape index (κ1) is 20.8. The van der Waals surface area contributed by atoms with E-state index in [0.29, 0.717) is 34.0 Å². The van der Waals surface area contributed by atoms with Gasteiger partial charge in [0.05, 0.1) is 31.2 Å². The standard InChI is InChI=1S/C20H23N3O5S/c1-12-8-13(2)19(14(3)9-12)29(24,25)21-11-18-22-20(23-28-18)16-7-6-15(26-4)10-17(16)27-5/h6-10,21H,11H2,1-5H3. The second-order valence-electron chi connectivity index (χ2n) is 6.63. The number of ether oxygens (including phenoxy) is 2. The van der Waals surface area contributed by atoms with Gasteiger partial charge in [0.15, 0.2) is 0 Å². The van der Waals surface area contributed by atoms with E-state index in [-0.39, 0.29) is 17.3 Å². The Morgan fingerprint density at radius 1 is 1.03 bits per heavy atom. The van der Waals surface area contributed by atoms with Crippen molar-refractivity contribution in [2.24, 2.45) is 0 Å². The minimum Gasteiger partial charge on any atom is -0.497 e. The number of methoxy groups -OCH3 is 2. The van der Waals surface area contributed by atoms with Crippen molar-refractivity contribution in [3.05, 3.63) is 52.9 Å². The Bertz CT molecular complexity index is 1120. The Hall–Kier alpha value is -2.91. The minimum atomic E-state index is -3.73. The molecule has 0 aliphatic rings. The Morgan fingerprint density at radius 2 is 1.72 bits per heavy atom. The largest absolute Gasteiger partial charge is 0.497 e. The molecular weight excluding hydrogens is 394 g/mol. The zero-order valence-electron chi connectivity index (χ0n) is 16.9. The van der Waals surface area contributed by atoms with E-state index in [1.165, 1.54) is 7.11 Å². The van der Waals surface area contributed by atoms with Crippen LogP contribution in [0.4, 0.5) is 0 Å². The van der Waals surface area contributed by atoms with Crippen LogP contribution in [0.2, 0.25) is 0 Å². The molecule has 0 fully saturated rings. The van der Waals surface area contributed by atoms with Crippen molar-refractivity contribution in [3.63, 3.8) is 0 Å². The maximum absolute atomic E-state index is 12.8. The summed E-state index contributed by atoms with van der Waals surface area (Å²) in [6.45, 7) is 5.35. The third-order valence-electron chi connectivity index (χ3n) is 4.40. The summed E-state index contributed by atoms with van der Waals surface area (Å²) in [4.78, 5) is 4.54. The van der Waals surface area contributed by atoms with Gasteiger partial charge in [-0.15, -0.1) is 0 Å². The van der Waals surface area contributed by atoms with Crippen LogP contribution >= 0.6 is 0 Å². The van der Waals surface area contributed by atoms with Crippen molar-refractivity contribution in [1.29, 1.82) is 0 Å². The lowest BCUT2D eigenvalue weighted by atomic mass is 10.1. The van der Waals surface area contributed by atoms with Crippen molar-refractivity contribution in [2.45, 2.75) is 32.2 Å². The van der Waals surface area contributed by atoms with Crippen LogP contribution in [-0.4, -0.2) is 32.8 Å². The fraction of sp³-hybridized carbons (Fsp3) is 0.300. The molecule has 29 heavy (non-hydrogen) atoms. The SMILES string of the molecule is COc1ccc(-c2noc(CNS(=O)(=O)c3c(C)cc(C)cc3C)n2)c(OC)c1. The van der Waals surface area contributed by atoms with E-state index in [0.717, 1.165) is 5.56 Å². The molecule has 0 atom stereocenters. The van der Waals surface area contributed by atoms with Gasteiger partial charge in [-0.3, -0.25) is 0 Å². The second-order valence-corrected chi connectivity index (χ2v) is 8.33. The van der Waals surface area contributed by atoms with Gasteiger partial charge in [0.1, 0.15) is 11.5 Å². The average molecular weight is 417 g/mol. The smallest absolute Gasteiger partial charge is 0.242 e. The average Bonchev–Trinajstić information content (AvgIpc) is 3.13. The van der Waals surface area contributed by atoms with Gasteiger partial charge in [-0.2, -0.15) is 4.98 Å². The van der Waals surface area contributed by atoms with Crippen molar-refractivity contribution in [3.8, 4) is 22.9 Å². The van der Waals surface area contributed by atoms with Crippen LogP contribution < -0.4 is 14.2 Å². The molecule has 0 amide bonds. The van der Waals surface area contributed by atoms with Gasteiger partial charge in [-0.25, -0.2) is 13.1 Å². The Balaban J connectivity index is 1.81. The van der Waals surface area contributed by atoms with Gasteiger partial charge in [-0.1, -0.05) is 22.9 Å². The zero-order chi connectivity index (χ0) is 21.2. The number of sulfonamides is 1. The molecule has 3 rings (SSSR count). The summed E-state index contributed by atoms with van der Waals surface area (Å²) in [7, 11) is -0.645. The quantitative estimate of drug-likeness (QED) is 0.630. The maximum atomic E-state index is 12.8. The topological polar surface area (TPSA) is 104 Å². The van der Waals surface area contributed by atoms with Crippen LogP contribution in [0.1, 0.15) is 22.6 Å². The number of hydrogen-bond donors (Lipinski definition) is 1. The van der Waals surface area contributed by atoms with E-state index in [4.69, 9.17) is 14.0 Å². The number of rotatable bonds is 7. The molecule has 1 aromatic heterocycles. The molecule has 0 aliphatic heterocycles. The summed E-state index contributed by atoms with van der Waals surface area (Å²) in [5, 5.41) is 3.93. The summed E-state index contributed by atoms with van der Waals surface area (Å²) < 4.78 is 43.8. The Kier molecular flexibility index (Phi) is 5.90. The van der Waals surface area contributed by atoms with Crippen molar-refractivity contribution < 1.29 is 22.4 Å². The lowest BCUT2D eigenvalue weighted by Gasteiger charge is -2.12. The number of benzene rings is 2. The third-order valence-corrected chi connectivity index (χ3v) is 6.11. The summed E-state index contributed by atoms with van der Waals surface area (Å²) in [6, 6.07) is 8.87. The van der Waals surface area contributed by atoms with E-state index in [2.05, 4.69) is 14.9 Å². The number of hydrogen-bond acceptors (Lipinski definition) is 7. The highest BCUT2D eigenvalue weighted by molar-refractivity contribution is 7.89. The van der Waals surface area contributed by atoms with E-state index < -0.39 is 10.0 Å². The summed E-state index contributed by atoms with van der Waals surface area (Å²) in [5.41, 5.74) is 2.98. The first-order valence-electron chi connectivity index (χ1n) is 8.87. The molecule has 0 spiro atoms. The number of aryl methyl sites for hydroxylation is 3. The van der Waals surface area contributed by atoms with Crippen LogP contribution in [0.25, 0.3) is 11.4 Å². The molecular formula is C20H23N3O5S. The number of aromatic nitrogens is 2. The van der Waals surface area contributed by atoms with E-state index in [9.17, 15) is 8.42 Å². The molecule has 2 aromatic carbocycles. The molecule has 0 saturated carbocycles. The van der Waals surface area contributed by atoms with Crippen LogP contribution in [0.5, 0.6) is 11.5 Å². The molecule has 0 aliphatic carbocycles. The molecule has 0 saturated heterocycles. The highest BCUT2D eigenvalue weighted by atomic mass is 32.2. The highest BCUT2D eigenvalue weighted by Gasteiger charge is 2.21. The lowest BCUT2D eigenvalue weighted by Crippen LogP contribution is -2.25. The summed E-state index contributed by atoms with van der Waals surface area (Å²) in [6.07, 6.45) is 0. The minimum absolute atomic E-state index is 0.124. The third kappa shape index (κ3) is 4.41. The van der Waals surface area contributed by atoms with Crippen molar-refractivity contribution >= 4 is 10.0 Å². The monoisotopic (exact) mass is 417 g/mol. The molecule has 8 nitrogen and oxygen atoms in total. The van der Waals surface area contributed by atoms with Gasteiger partial charge in [0.2, 0.25) is 21.7 Å². The molecule has 1 N–H and O–H groups in total. The molecule has 9 heteroatoms. The molecule has 3 aromatic rings.